The Morgan fingerprint density at radius 1 is 1.40 bits per heavy atom. The van der Waals surface area contributed by atoms with Crippen molar-refractivity contribution in [2.75, 3.05) is 0 Å². The Bertz CT molecular complexity index is 229. The average molecular weight is 133 g/mol. The Balaban J connectivity index is 2.03. The zero-order valence-corrected chi connectivity index (χ0v) is 5.88. The van der Waals surface area contributed by atoms with E-state index in [0.717, 1.165) is 23.8 Å². The number of fused-ring (bicyclic) bond motifs is 5. The lowest BCUT2D eigenvalue weighted by molar-refractivity contribution is 0.287. The van der Waals surface area contributed by atoms with Crippen LogP contribution in [0.5, 0.6) is 0 Å². The molecule has 2 fully saturated rings. The maximum absolute atomic E-state index is 3.98. The number of allylic oxidation sites excluding steroid dienone is 1. The van der Waals surface area contributed by atoms with Crippen LogP contribution in [0.4, 0.5) is 0 Å². The monoisotopic (exact) mass is 133 g/mol. The van der Waals surface area contributed by atoms with Gasteiger partial charge >= 0.3 is 0 Å². The van der Waals surface area contributed by atoms with E-state index in [2.05, 4.69) is 24.0 Å². The van der Waals surface area contributed by atoms with E-state index in [0.29, 0.717) is 0 Å². The van der Waals surface area contributed by atoms with Crippen LogP contribution in [0.25, 0.3) is 0 Å². The summed E-state index contributed by atoms with van der Waals surface area (Å²) in [5.41, 5.74) is 1.28. The molecule has 2 bridgehead atoms. The molecule has 1 heterocycles. The molecule has 1 heteroatoms. The third-order valence-electron chi connectivity index (χ3n) is 3.21. The van der Waals surface area contributed by atoms with Crippen molar-refractivity contribution in [3.05, 3.63) is 24.4 Å². The van der Waals surface area contributed by atoms with Crippen LogP contribution in [0.15, 0.2) is 24.4 Å². The molecule has 0 aromatic heterocycles. The average Bonchev–Trinajstić information content (AvgIpc) is 2.40. The zero-order chi connectivity index (χ0) is 6.72. The third kappa shape index (κ3) is 0.359. The van der Waals surface area contributed by atoms with E-state index in [9.17, 15) is 0 Å². The Morgan fingerprint density at radius 2 is 2.20 bits per heavy atom. The number of rotatable bonds is 0. The van der Waals surface area contributed by atoms with Gasteiger partial charge in [-0.25, -0.2) is 0 Å². The Hall–Kier alpha value is -0.720. The molecule has 2 aliphatic carbocycles. The van der Waals surface area contributed by atoms with E-state index < -0.39 is 0 Å². The fraction of sp³-hybridized carbons (Fsp3) is 0.556. The molecule has 1 aliphatic heterocycles. The molecule has 1 N–H and O–H groups in total. The van der Waals surface area contributed by atoms with Gasteiger partial charge < -0.3 is 5.32 Å². The topological polar surface area (TPSA) is 12.0 Å². The minimum absolute atomic E-state index is 0.766. The lowest BCUT2D eigenvalue weighted by Crippen LogP contribution is -2.52. The van der Waals surface area contributed by atoms with Gasteiger partial charge in [0, 0.05) is 17.7 Å². The predicted octanol–water partition coefficient (Wildman–Crippen LogP) is 1.29. The van der Waals surface area contributed by atoms with Gasteiger partial charge in [0.2, 0.25) is 0 Å². The van der Waals surface area contributed by atoms with E-state index in [-0.39, 0.29) is 0 Å². The number of nitrogens with one attached hydrogen (secondary N) is 1. The largest absolute Gasteiger partial charge is 0.384 e. The van der Waals surface area contributed by atoms with Crippen LogP contribution in [-0.2, 0) is 0 Å². The van der Waals surface area contributed by atoms with Crippen molar-refractivity contribution in [3.63, 3.8) is 0 Å². The van der Waals surface area contributed by atoms with Gasteiger partial charge in [-0.3, -0.25) is 0 Å². The summed E-state index contributed by atoms with van der Waals surface area (Å²) in [7, 11) is 0. The highest BCUT2D eigenvalue weighted by Gasteiger charge is 2.51. The summed E-state index contributed by atoms with van der Waals surface area (Å²) in [5.74, 6) is 2.47. The first-order valence-corrected chi connectivity index (χ1v) is 4.00. The summed E-state index contributed by atoms with van der Waals surface area (Å²) in [4.78, 5) is 0. The molecule has 3 rings (SSSR count). The second-order valence-corrected chi connectivity index (χ2v) is 3.67. The van der Waals surface area contributed by atoms with Gasteiger partial charge in [-0.1, -0.05) is 18.7 Å². The van der Waals surface area contributed by atoms with E-state index in [4.69, 9.17) is 0 Å². The van der Waals surface area contributed by atoms with E-state index >= 15 is 0 Å². The zero-order valence-electron chi connectivity index (χ0n) is 5.88. The summed E-state index contributed by atoms with van der Waals surface area (Å²) in [5, 5.41) is 3.39. The van der Waals surface area contributed by atoms with Crippen LogP contribution in [0.1, 0.15) is 6.42 Å². The van der Waals surface area contributed by atoms with Gasteiger partial charge in [-0.05, 0) is 18.3 Å². The van der Waals surface area contributed by atoms with Crippen LogP contribution in [0.2, 0.25) is 0 Å². The molecule has 1 unspecified atom stereocenters. The molecule has 0 amide bonds. The quantitative estimate of drug-likeness (QED) is 0.491. The minimum Gasteiger partial charge on any atom is -0.384 e. The first-order chi connectivity index (χ1) is 4.86. The van der Waals surface area contributed by atoms with Gasteiger partial charge in [0.1, 0.15) is 0 Å². The SMILES string of the molecule is C=C1N[C@H]2C3C=C[C@@H](C3)[C@@H]12. The summed E-state index contributed by atoms with van der Waals surface area (Å²) >= 11 is 0. The smallest absolute Gasteiger partial charge is 0.0409 e. The molecular weight excluding hydrogens is 122 g/mol. The first-order valence-electron chi connectivity index (χ1n) is 4.00. The maximum Gasteiger partial charge on any atom is 0.0409 e. The molecule has 1 nitrogen and oxygen atoms in total. The molecule has 52 valence electrons. The second kappa shape index (κ2) is 1.31. The normalized spacial score (nSPS) is 54.2. The molecule has 1 saturated heterocycles. The van der Waals surface area contributed by atoms with Crippen LogP contribution >= 0.6 is 0 Å². The molecule has 0 spiro atoms. The van der Waals surface area contributed by atoms with Crippen molar-refractivity contribution in [2.45, 2.75) is 12.5 Å². The lowest BCUT2D eigenvalue weighted by Gasteiger charge is -2.42. The summed E-state index contributed by atoms with van der Waals surface area (Å²) in [6.07, 6.45) is 6.12. The fourth-order valence-corrected chi connectivity index (χ4v) is 2.71. The first kappa shape index (κ1) is 5.00. The summed E-state index contributed by atoms with van der Waals surface area (Å²) in [6.45, 7) is 3.98. The van der Waals surface area contributed by atoms with Gasteiger partial charge in [0.05, 0.1) is 0 Å². The molecule has 0 aromatic rings. The Labute approximate surface area is 60.8 Å². The van der Waals surface area contributed by atoms with Gasteiger partial charge in [-0.2, -0.15) is 0 Å². The van der Waals surface area contributed by atoms with Crippen molar-refractivity contribution in [1.29, 1.82) is 0 Å². The third-order valence-corrected chi connectivity index (χ3v) is 3.21. The highest BCUT2D eigenvalue weighted by molar-refractivity contribution is 5.30. The van der Waals surface area contributed by atoms with Crippen molar-refractivity contribution in [2.24, 2.45) is 17.8 Å². The molecule has 0 radical (unpaired) electrons. The van der Waals surface area contributed by atoms with E-state index in [1.807, 2.05) is 0 Å². The lowest BCUT2D eigenvalue weighted by atomic mass is 9.80. The summed E-state index contributed by atoms with van der Waals surface area (Å²) < 4.78 is 0. The molecular formula is C9H11N. The van der Waals surface area contributed by atoms with E-state index in [1.54, 1.807) is 0 Å². The van der Waals surface area contributed by atoms with Crippen molar-refractivity contribution in [1.82, 2.24) is 5.32 Å². The van der Waals surface area contributed by atoms with Crippen LogP contribution in [0.3, 0.4) is 0 Å². The van der Waals surface area contributed by atoms with Gasteiger partial charge in [0.25, 0.3) is 0 Å². The molecule has 0 aromatic carbocycles. The van der Waals surface area contributed by atoms with E-state index in [1.165, 1.54) is 12.1 Å². The fourth-order valence-electron chi connectivity index (χ4n) is 2.71. The van der Waals surface area contributed by atoms with Crippen LogP contribution in [-0.4, -0.2) is 6.04 Å². The maximum atomic E-state index is 3.98. The molecule has 10 heavy (non-hydrogen) atoms. The molecule has 1 saturated carbocycles. The van der Waals surface area contributed by atoms with Crippen molar-refractivity contribution < 1.29 is 0 Å². The van der Waals surface area contributed by atoms with Crippen LogP contribution < -0.4 is 5.32 Å². The summed E-state index contributed by atoms with van der Waals surface area (Å²) in [6, 6.07) is 0.766. The van der Waals surface area contributed by atoms with Crippen molar-refractivity contribution in [3.8, 4) is 0 Å². The standard InChI is InChI=1S/C9H11N/c1-5-8-6-2-3-7(4-6)9(8)10-5/h2-3,6-10H,1,4H2/t6-,7?,8+,9-/m0/s1. The van der Waals surface area contributed by atoms with Gasteiger partial charge in [-0.15, -0.1) is 0 Å². The second-order valence-electron chi connectivity index (χ2n) is 3.67. The minimum atomic E-state index is 0.766. The molecule has 3 aliphatic rings. The number of hydrogen-bond donors (Lipinski definition) is 1. The number of hydrogen-bond acceptors (Lipinski definition) is 1. The Kier molecular flexibility index (Phi) is 0.657. The Morgan fingerprint density at radius 3 is 2.80 bits per heavy atom. The van der Waals surface area contributed by atoms with Crippen molar-refractivity contribution >= 4 is 0 Å². The predicted molar refractivity (Wildman–Crippen MR) is 40.3 cm³/mol. The highest BCUT2D eigenvalue weighted by Crippen LogP contribution is 2.51. The molecule has 4 atom stereocenters. The van der Waals surface area contributed by atoms with Crippen LogP contribution in [0, 0.1) is 17.8 Å². The van der Waals surface area contributed by atoms with Gasteiger partial charge in [0.15, 0.2) is 0 Å². The highest BCUT2D eigenvalue weighted by atomic mass is 15.1.